The molecule has 1 unspecified atom stereocenters. The first kappa shape index (κ1) is 19.8. The zero-order valence-electron chi connectivity index (χ0n) is 15.6. The van der Waals surface area contributed by atoms with Crippen molar-refractivity contribution in [1.29, 1.82) is 0 Å². The van der Waals surface area contributed by atoms with E-state index in [9.17, 15) is 15.0 Å². The van der Waals surface area contributed by atoms with Gasteiger partial charge < -0.3 is 20.1 Å². The van der Waals surface area contributed by atoms with Gasteiger partial charge in [0, 0.05) is 17.4 Å². The van der Waals surface area contributed by atoms with Crippen LogP contribution in [0, 0.1) is 6.92 Å². The topological polar surface area (TPSA) is 99.9 Å². The first-order chi connectivity index (χ1) is 13.5. The van der Waals surface area contributed by atoms with Gasteiger partial charge in [-0.3, -0.25) is 4.79 Å². The average Bonchev–Trinajstić information content (AvgIpc) is 2.65. The minimum absolute atomic E-state index is 0.0721. The van der Waals surface area contributed by atoms with Crippen LogP contribution in [0.2, 0.25) is 0 Å². The lowest BCUT2D eigenvalue weighted by molar-refractivity contribution is -0.139. The van der Waals surface area contributed by atoms with Crippen molar-refractivity contribution in [2.24, 2.45) is 0 Å². The van der Waals surface area contributed by atoms with Gasteiger partial charge >= 0.3 is 5.97 Å². The maximum atomic E-state index is 10.7. The number of aromatic nitrogens is 1. The summed E-state index contributed by atoms with van der Waals surface area (Å²) in [4.78, 5) is 15.3. The highest BCUT2D eigenvalue weighted by molar-refractivity contribution is 5.98. The number of benzene rings is 2. The van der Waals surface area contributed by atoms with Crippen LogP contribution in [0.1, 0.15) is 18.5 Å². The number of carboxylic acid groups (broad SMARTS) is 1. The fraction of sp³-hybridized carbons (Fsp3) is 0.273. The van der Waals surface area contributed by atoms with Crippen LogP contribution in [0.3, 0.4) is 0 Å². The molecular formula is C22H23NO5. The van der Waals surface area contributed by atoms with Crippen LogP contribution in [-0.4, -0.2) is 45.1 Å². The van der Waals surface area contributed by atoms with Crippen LogP contribution < -0.4 is 4.74 Å². The van der Waals surface area contributed by atoms with Gasteiger partial charge in [0.25, 0.3) is 0 Å². The Morgan fingerprint density at radius 1 is 1.04 bits per heavy atom. The predicted octanol–water partition coefficient (Wildman–Crippen LogP) is 3.18. The molecule has 1 aromatic heterocycles. The number of aliphatic carboxylic acids is 1. The minimum atomic E-state index is -1.12. The van der Waals surface area contributed by atoms with E-state index in [1.165, 1.54) is 0 Å². The first-order valence-corrected chi connectivity index (χ1v) is 9.11. The van der Waals surface area contributed by atoms with Gasteiger partial charge in [0.2, 0.25) is 0 Å². The normalized spacial score (nSPS) is 13.2. The summed E-state index contributed by atoms with van der Waals surface area (Å²) in [6.45, 7) is 1.78. The van der Waals surface area contributed by atoms with Crippen LogP contribution in [0.15, 0.2) is 54.6 Å². The largest absolute Gasteiger partial charge is 0.488 e. The molecule has 3 aromatic rings. The number of hydrogen-bond acceptors (Lipinski definition) is 5. The Morgan fingerprint density at radius 3 is 2.43 bits per heavy atom. The van der Waals surface area contributed by atoms with Gasteiger partial charge in [0.1, 0.15) is 12.4 Å². The molecule has 2 atom stereocenters. The summed E-state index contributed by atoms with van der Waals surface area (Å²) in [5, 5.41) is 29.5. The molecule has 6 heteroatoms. The summed E-state index contributed by atoms with van der Waals surface area (Å²) in [6, 6.07) is 17.6. The van der Waals surface area contributed by atoms with Crippen LogP contribution in [0.25, 0.3) is 22.0 Å². The molecule has 0 aliphatic heterocycles. The fourth-order valence-electron chi connectivity index (χ4n) is 3.23. The number of carboxylic acids is 1. The molecule has 0 radical (unpaired) electrons. The van der Waals surface area contributed by atoms with Crippen LogP contribution in [0.5, 0.6) is 5.75 Å². The SMILES string of the molecule is Cc1nc2ccccc2c(-c2ccccc2)c1OCC(O)C[C@@H](O)CC(=O)O. The highest BCUT2D eigenvalue weighted by atomic mass is 16.5. The van der Waals surface area contributed by atoms with E-state index in [1.54, 1.807) is 0 Å². The lowest BCUT2D eigenvalue weighted by Gasteiger charge is -2.19. The van der Waals surface area contributed by atoms with E-state index in [-0.39, 0.29) is 13.0 Å². The van der Waals surface area contributed by atoms with E-state index in [0.717, 1.165) is 22.0 Å². The molecule has 1 heterocycles. The molecule has 3 rings (SSSR count). The van der Waals surface area contributed by atoms with Gasteiger partial charge in [-0.2, -0.15) is 0 Å². The minimum Gasteiger partial charge on any atom is -0.488 e. The van der Waals surface area contributed by atoms with E-state index in [4.69, 9.17) is 9.84 Å². The number of pyridine rings is 1. The maximum absolute atomic E-state index is 10.7. The number of fused-ring (bicyclic) bond motifs is 1. The Balaban J connectivity index is 1.90. The quantitative estimate of drug-likeness (QED) is 0.554. The van der Waals surface area contributed by atoms with Gasteiger partial charge in [-0.1, -0.05) is 48.5 Å². The van der Waals surface area contributed by atoms with Crippen molar-refractivity contribution < 1.29 is 24.9 Å². The number of aryl methyl sites for hydroxylation is 1. The predicted molar refractivity (Wildman–Crippen MR) is 106 cm³/mol. The molecule has 6 nitrogen and oxygen atoms in total. The summed E-state index contributed by atoms with van der Waals surface area (Å²) in [7, 11) is 0. The number of carbonyl (C=O) groups is 1. The fourth-order valence-corrected chi connectivity index (χ4v) is 3.23. The molecular weight excluding hydrogens is 358 g/mol. The number of para-hydroxylation sites is 1. The molecule has 146 valence electrons. The van der Waals surface area contributed by atoms with Crippen molar-refractivity contribution in [2.45, 2.75) is 32.0 Å². The molecule has 2 aromatic carbocycles. The van der Waals surface area contributed by atoms with E-state index >= 15 is 0 Å². The third-order valence-corrected chi connectivity index (χ3v) is 4.45. The molecule has 0 saturated heterocycles. The van der Waals surface area contributed by atoms with E-state index in [2.05, 4.69) is 4.98 Å². The summed E-state index contributed by atoms with van der Waals surface area (Å²) in [5.41, 5.74) is 3.40. The molecule has 0 amide bonds. The summed E-state index contributed by atoms with van der Waals surface area (Å²) < 4.78 is 5.93. The van der Waals surface area contributed by atoms with E-state index in [0.29, 0.717) is 11.4 Å². The number of rotatable bonds is 8. The molecule has 0 bridgehead atoms. The number of hydrogen-bond donors (Lipinski definition) is 3. The van der Waals surface area contributed by atoms with Crippen molar-refractivity contribution >= 4 is 16.9 Å². The van der Waals surface area contributed by atoms with Crippen molar-refractivity contribution in [3.8, 4) is 16.9 Å². The second-order valence-electron chi connectivity index (χ2n) is 6.74. The number of nitrogens with zero attached hydrogens (tertiary/aromatic N) is 1. The summed E-state index contributed by atoms with van der Waals surface area (Å²) in [5.74, 6) is -0.543. The van der Waals surface area contributed by atoms with Crippen LogP contribution in [0.4, 0.5) is 0 Å². The molecule has 0 saturated carbocycles. The zero-order valence-corrected chi connectivity index (χ0v) is 15.6. The third kappa shape index (κ3) is 4.65. The Labute approximate surface area is 163 Å². The number of ether oxygens (including phenoxy) is 1. The Morgan fingerprint density at radius 2 is 1.71 bits per heavy atom. The van der Waals surface area contributed by atoms with Gasteiger partial charge in [-0.25, -0.2) is 4.98 Å². The first-order valence-electron chi connectivity index (χ1n) is 9.11. The molecule has 0 aliphatic rings. The van der Waals surface area contributed by atoms with Crippen molar-refractivity contribution in [2.75, 3.05) is 6.61 Å². The second-order valence-corrected chi connectivity index (χ2v) is 6.74. The monoisotopic (exact) mass is 381 g/mol. The van der Waals surface area contributed by atoms with Gasteiger partial charge in [0.05, 0.1) is 29.8 Å². The van der Waals surface area contributed by atoms with E-state index in [1.807, 2.05) is 61.5 Å². The number of aliphatic hydroxyl groups excluding tert-OH is 2. The second kappa shape index (κ2) is 8.82. The lowest BCUT2D eigenvalue weighted by Crippen LogP contribution is -2.25. The maximum Gasteiger partial charge on any atom is 0.305 e. The van der Waals surface area contributed by atoms with Crippen molar-refractivity contribution in [3.63, 3.8) is 0 Å². The smallest absolute Gasteiger partial charge is 0.305 e. The third-order valence-electron chi connectivity index (χ3n) is 4.45. The van der Waals surface area contributed by atoms with Gasteiger partial charge in [-0.15, -0.1) is 0 Å². The summed E-state index contributed by atoms with van der Waals surface area (Å²) >= 11 is 0. The summed E-state index contributed by atoms with van der Waals surface area (Å²) in [6.07, 6.45) is -2.61. The number of aliphatic hydroxyl groups is 2. The molecule has 28 heavy (non-hydrogen) atoms. The van der Waals surface area contributed by atoms with Gasteiger partial charge in [-0.05, 0) is 18.6 Å². The highest BCUT2D eigenvalue weighted by Gasteiger charge is 2.19. The van der Waals surface area contributed by atoms with Crippen molar-refractivity contribution in [3.05, 3.63) is 60.3 Å². The highest BCUT2D eigenvalue weighted by Crippen LogP contribution is 2.38. The van der Waals surface area contributed by atoms with Crippen LogP contribution >= 0.6 is 0 Å². The molecule has 0 spiro atoms. The Hall–Kier alpha value is -2.96. The molecule has 0 aliphatic carbocycles. The Bertz CT molecular complexity index is 958. The molecule has 0 fully saturated rings. The van der Waals surface area contributed by atoms with E-state index < -0.39 is 24.6 Å². The molecule has 3 N–H and O–H groups in total. The van der Waals surface area contributed by atoms with Crippen molar-refractivity contribution in [1.82, 2.24) is 4.98 Å². The standard InChI is InChI=1S/C22H23NO5/c1-14-22(28-13-17(25)11-16(24)12-20(26)27)21(15-7-3-2-4-8-15)18-9-5-6-10-19(18)23-14/h2-10,16-17,24-25H,11-13H2,1H3,(H,26,27)/t16-,17?/m1/s1. The average molecular weight is 381 g/mol. The Kier molecular flexibility index (Phi) is 6.23. The van der Waals surface area contributed by atoms with Crippen LogP contribution in [-0.2, 0) is 4.79 Å². The van der Waals surface area contributed by atoms with Gasteiger partial charge in [0.15, 0.2) is 0 Å². The lowest BCUT2D eigenvalue weighted by atomic mass is 9.99. The zero-order chi connectivity index (χ0) is 20.1.